The standard InChI is InChI=1S/C14H20N2O2/c1-15-5-6-18-12(8-15)9-16-7-11-3-2-4-14(17)13(11)10-16/h7,10,12H,2-6,8-9H2,1H3. The first kappa shape index (κ1) is 11.9. The van der Waals surface area contributed by atoms with Crippen molar-refractivity contribution in [3.63, 3.8) is 0 Å². The first-order valence-electron chi connectivity index (χ1n) is 6.74. The number of hydrogen-bond donors (Lipinski definition) is 0. The number of carbonyl (C=O) groups excluding carboxylic acids is 1. The Morgan fingerprint density at radius 2 is 2.28 bits per heavy atom. The molecule has 0 radical (unpaired) electrons. The Bertz CT molecular complexity index is 453. The molecule has 0 aromatic carbocycles. The van der Waals surface area contributed by atoms with Crippen LogP contribution in [-0.4, -0.2) is 48.1 Å². The number of carbonyl (C=O) groups is 1. The fraction of sp³-hybridized carbons (Fsp3) is 0.643. The summed E-state index contributed by atoms with van der Waals surface area (Å²) in [5.41, 5.74) is 2.15. The maximum atomic E-state index is 11.8. The lowest BCUT2D eigenvalue weighted by atomic mass is 9.95. The lowest BCUT2D eigenvalue weighted by Gasteiger charge is -2.30. The van der Waals surface area contributed by atoms with Crippen molar-refractivity contribution in [1.82, 2.24) is 9.47 Å². The molecule has 1 fully saturated rings. The van der Waals surface area contributed by atoms with Crippen molar-refractivity contribution in [2.24, 2.45) is 0 Å². The van der Waals surface area contributed by atoms with Gasteiger partial charge >= 0.3 is 0 Å². The summed E-state index contributed by atoms with van der Waals surface area (Å²) in [6.45, 7) is 3.64. The Morgan fingerprint density at radius 1 is 1.39 bits per heavy atom. The Morgan fingerprint density at radius 3 is 3.06 bits per heavy atom. The normalized spacial score (nSPS) is 25.2. The second kappa shape index (κ2) is 4.86. The molecule has 1 aromatic rings. The summed E-state index contributed by atoms with van der Waals surface area (Å²) in [6, 6.07) is 0. The lowest BCUT2D eigenvalue weighted by Crippen LogP contribution is -2.41. The minimum absolute atomic E-state index is 0.243. The molecule has 0 amide bonds. The van der Waals surface area contributed by atoms with Crippen molar-refractivity contribution in [3.8, 4) is 0 Å². The van der Waals surface area contributed by atoms with Gasteiger partial charge in [0.25, 0.3) is 0 Å². The largest absolute Gasteiger partial charge is 0.374 e. The van der Waals surface area contributed by atoms with Gasteiger partial charge in [-0.25, -0.2) is 0 Å². The molecule has 0 N–H and O–H groups in total. The highest BCUT2D eigenvalue weighted by Crippen LogP contribution is 2.22. The molecule has 0 bridgehead atoms. The van der Waals surface area contributed by atoms with E-state index >= 15 is 0 Å². The van der Waals surface area contributed by atoms with Crippen molar-refractivity contribution in [3.05, 3.63) is 23.5 Å². The van der Waals surface area contributed by atoms with E-state index in [1.54, 1.807) is 0 Å². The number of morpholine rings is 1. The third-order valence-corrected chi connectivity index (χ3v) is 3.87. The Kier molecular flexibility index (Phi) is 3.22. The number of ether oxygens (including phenoxy) is 1. The summed E-state index contributed by atoms with van der Waals surface area (Å²) in [7, 11) is 2.12. The van der Waals surface area contributed by atoms with Crippen LogP contribution in [0.1, 0.15) is 28.8 Å². The summed E-state index contributed by atoms with van der Waals surface area (Å²) in [4.78, 5) is 14.1. The van der Waals surface area contributed by atoms with Crippen LogP contribution in [-0.2, 0) is 17.7 Å². The summed E-state index contributed by atoms with van der Waals surface area (Å²) in [5.74, 6) is 0.302. The van der Waals surface area contributed by atoms with Gasteiger partial charge in [-0.2, -0.15) is 0 Å². The van der Waals surface area contributed by atoms with Gasteiger partial charge in [0.1, 0.15) is 0 Å². The smallest absolute Gasteiger partial charge is 0.164 e. The number of likely N-dealkylation sites (N-methyl/N-ethyl adjacent to an activating group) is 1. The number of nitrogens with zero attached hydrogens (tertiary/aromatic N) is 2. The third kappa shape index (κ3) is 2.35. The van der Waals surface area contributed by atoms with Gasteiger partial charge in [0, 0.05) is 44.0 Å². The van der Waals surface area contributed by atoms with Gasteiger partial charge in [0.15, 0.2) is 5.78 Å². The molecule has 1 aromatic heterocycles. The average Bonchev–Trinajstić information content (AvgIpc) is 2.73. The van der Waals surface area contributed by atoms with Crippen LogP contribution in [0.4, 0.5) is 0 Å². The molecule has 1 aliphatic heterocycles. The molecule has 3 rings (SSSR count). The Hall–Kier alpha value is -1.13. The first-order chi connectivity index (χ1) is 8.72. The highest BCUT2D eigenvalue weighted by molar-refractivity contribution is 5.98. The quantitative estimate of drug-likeness (QED) is 0.792. The topological polar surface area (TPSA) is 34.5 Å². The zero-order valence-electron chi connectivity index (χ0n) is 10.9. The number of ketones is 1. The van der Waals surface area contributed by atoms with Gasteiger partial charge in [-0.1, -0.05) is 0 Å². The van der Waals surface area contributed by atoms with Crippen molar-refractivity contribution < 1.29 is 9.53 Å². The summed E-state index contributed by atoms with van der Waals surface area (Å²) < 4.78 is 7.90. The van der Waals surface area contributed by atoms with Crippen LogP contribution < -0.4 is 0 Å². The molecule has 1 unspecified atom stereocenters. The number of aromatic nitrogens is 1. The molecule has 2 heterocycles. The maximum absolute atomic E-state index is 11.8. The zero-order valence-corrected chi connectivity index (χ0v) is 10.9. The molecule has 1 aliphatic carbocycles. The van der Waals surface area contributed by atoms with Crippen molar-refractivity contribution in [1.29, 1.82) is 0 Å². The monoisotopic (exact) mass is 248 g/mol. The van der Waals surface area contributed by atoms with Gasteiger partial charge in [0.05, 0.1) is 12.7 Å². The van der Waals surface area contributed by atoms with Crippen molar-refractivity contribution >= 4 is 5.78 Å². The van der Waals surface area contributed by atoms with Crippen LogP contribution in [0.2, 0.25) is 0 Å². The van der Waals surface area contributed by atoms with Crippen LogP contribution in [0.25, 0.3) is 0 Å². The Labute approximate surface area is 108 Å². The summed E-state index contributed by atoms with van der Waals surface area (Å²) in [6.07, 6.45) is 7.13. The van der Waals surface area contributed by atoms with Crippen LogP contribution in [0.3, 0.4) is 0 Å². The van der Waals surface area contributed by atoms with Crippen molar-refractivity contribution in [2.75, 3.05) is 26.7 Å². The minimum atomic E-state index is 0.243. The van der Waals surface area contributed by atoms with Gasteiger partial charge in [0.2, 0.25) is 0 Å². The van der Waals surface area contributed by atoms with E-state index in [2.05, 4.69) is 22.7 Å². The van der Waals surface area contributed by atoms with Crippen LogP contribution in [0.5, 0.6) is 0 Å². The average molecular weight is 248 g/mol. The van der Waals surface area contributed by atoms with E-state index in [4.69, 9.17) is 4.74 Å². The SMILES string of the molecule is CN1CCOC(Cn2cc3c(c2)C(=O)CCC3)C1. The molecule has 4 nitrogen and oxygen atoms in total. The summed E-state index contributed by atoms with van der Waals surface area (Å²) >= 11 is 0. The molecule has 4 heteroatoms. The molecule has 18 heavy (non-hydrogen) atoms. The molecular weight excluding hydrogens is 228 g/mol. The highest BCUT2D eigenvalue weighted by Gasteiger charge is 2.22. The number of aryl methyl sites for hydroxylation is 1. The lowest BCUT2D eigenvalue weighted by molar-refractivity contribution is -0.0274. The third-order valence-electron chi connectivity index (χ3n) is 3.87. The fourth-order valence-corrected chi connectivity index (χ4v) is 2.90. The summed E-state index contributed by atoms with van der Waals surface area (Å²) in [5, 5.41) is 0. The second-order valence-electron chi connectivity index (χ2n) is 5.43. The van der Waals surface area contributed by atoms with E-state index in [0.29, 0.717) is 12.2 Å². The van der Waals surface area contributed by atoms with Gasteiger partial charge in [-0.3, -0.25) is 4.79 Å². The van der Waals surface area contributed by atoms with Gasteiger partial charge in [-0.05, 0) is 25.5 Å². The molecule has 2 aliphatic rings. The first-order valence-corrected chi connectivity index (χ1v) is 6.74. The number of fused-ring (bicyclic) bond motifs is 1. The minimum Gasteiger partial charge on any atom is -0.374 e. The second-order valence-corrected chi connectivity index (χ2v) is 5.43. The predicted molar refractivity (Wildman–Crippen MR) is 68.9 cm³/mol. The van der Waals surface area contributed by atoms with Gasteiger partial charge < -0.3 is 14.2 Å². The van der Waals surface area contributed by atoms with Crippen molar-refractivity contribution in [2.45, 2.75) is 31.9 Å². The maximum Gasteiger partial charge on any atom is 0.164 e. The Balaban J connectivity index is 1.71. The van der Waals surface area contributed by atoms with E-state index in [1.807, 2.05) is 6.20 Å². The van der Waals surface area contributed by atoms with E-state index < -0.39 is 0 Å². The van der Waals surface area contributed by atoms with E-state index in [0.717, 1.165) is 44.6 Å². The predicted octanol–water partition coefficient (Wildman–Crippen LogP) is 1.34. The zero-order chi connectivity index (χ0) is 12.5. The molecule has 0 spiro atoms. The fourth-order valence-electron chi connectivity index (χ4n) is 2.90. The molecule has 98 valence electrons. The van der Waals surface area contributed by atoms with Crippen LogP contribution in [0, 0.1) is 0 Å². The van der Waals surface area contributed by atoms with E-state index in [9.17, 15) is 4.79 Å². The van der Waals surface area contributed by atoms with E-state index in [1.165, 1.54) is 5.56 Å². The van der Waals surface area contributed by atoms with Gasteiger partial charge in [-0.15, -0.1) is 0 Å². The molecule has 1 saturated heterocycles. The molecule has 1 atom stereocenters. The number of Topliss-reactive ketones (excluding diaryl/α,β-unsaturated/α-hetero) is 1. The number of hydrogen-bond acceptors (Lipinski definition) is 3. The highest BCUT2D eigenvalue weighted by atomic mass is 16.5. The molecule has 0 saturated carbocycles. The van der Waals surface area contributed by atoms with E-state index in [-0.39, 0.29) is 6.10 Å². The number of rotatable bonds is 2. The molecular formula is C14H20N2O2. The van der Waals surface area contributed by atoms with Crippen LogP contribution >= 0.6 is 0 Å². The van der Waals surface area contributed by atoms with Crippen LogP contribution in [0.15, 0.2) is 12.4 Å².